The van der Waals surface area contributed by atoms with E-state index in [-0.39, 0.29) is 23.9 Å². The summed E-state index contributed by atoms with van der Waals surface area (Å²) in [6.07, 6.45) is 1.94. The largest absolute Gasteiger partial charge is 0.493 e. The Labute approximate surface area is 140 Å². The first-order valence-electron chi connectivity index (χ1n) is 7.97. The van der Waals surface area contributed by atoms with E-state index in [0.29, 0.717) is 6.61 Å². The van der Waals surface area contributed by atoms with Crippen LogP contribution in [0.15, 0.2) is 48.5 Å². The van der Waals surface area contributed by atoms with Gasteiger partial charge in [-0.25, -0.2) is 4.79 Å². The van der Waals surface area contributed by atoms with Gasteiger partial charge in [0.2, 0.25) is 5.91 Å². The minimum absolute atomic E-state index is 0.0607. The fourth-order valence-corrected chi connectivity index (χ4v) is 2.87. The lowest BCUT2D eigenvalue weighted by molar-refractivity contribution is -0.121. The van der Waals surface area contributed by atoms with Crippen molar-refractivity contribution in [2.75, 3.05) is 6.61 Å². The number of rotatable bonds is 4. The number of amides is 1. The quantitative estimate of drug-likeness (QED) is 0.906. The van der Waals surface area contributed by atoms with Crippen molar-refractivity contribution in [2.24, 2.45) is 0 Å². The van der Waals surface area contributed by atoms with Crippen LogP contribution in [0.4, 0.5) is 0 Å². The Morgan fingerprint density at radius 1 is 1.12 bits per heavy atom. The molecule has 1 atom stereocenters. The van der Waals surface area contributed by atoms with Crippen LogP contribution < -0.4 is 10.1 Å². The summed E-state index contributed by atoms with van der Waals surface area (Å²) in [6.45, 7) is 0.653. The highest BCUT2D eigenvalue weighted by atomic mass is 16.5. The number of ether oxygens (including phenoxy) is 1. The summed E-state index contributed by atoms with van der Waals surface area (Å²) in [7, 11) is 0. The van der Waals surface area contributed by atoms with Crippen LogP contribution in [0.3, 0.4) is 0 Å². The van der Waals surface area contributed by atoms with Gasteiger partial charge >= 0.3 is 5.97 Å². The summed E-state index contributed by atoms with van der Waals surface area (Å²) in [5.74, 6) is -0.230. The first kappa shape index (κ1) is 16.1. The molecule has 24 heavy (non-hydrogen) atoms. The molecule has 1 amide bonds. The zero-order chi connectivity index (χ0) is 16.9. The molecule has 2 N–H and O–H groups in total. The van der Waals surface area contributed by atoms with Crippen LogP contribution in [0.1, 0.15) is 40.4 Å². The second kappa shape index (κ2) is 7.17. The van der Waals surface area contributed by atoms with E-state index in [2.05, 4.69) is 5.32 Å². The Morgan fingerprint density at radius 2 is 1.88 bits per heavy atom. The monoisotopic (exact) mass is 325 g/mol. The van der Waals surface area contributed by atoms with Crippen LogP contribution in [-0.4, -0.2) is 23.6 Å². The SMILES string of the molecule is O=C(Cc1ccc(C(=O)O)cc1)NC1CCCOc2ccccc21. The van der Waals surface area contributed by atoms with Gasteiger partial charge in [-0.2, -0.15) is 0 Å². The number of aromatic carboxylic acids is 1. The van der Waals surface area contributed by atoms with E-state index in [4.69, 9.17) is 9.84 Å². The molecule has 0 aliphatic carbocycles. The predicted molar refractivity (Wildman–Crippen MR) is 89.2 cm³/mol. The number of carboxylic acids is 1. The minimum atomic E-state index is -0.971. The highest BCUT2D eigenvalue weighted by Crippen LogP contribution is 2.31. The maximum absolute atomic E-state index is 12.4. The standard InChI is InChI=1S/C19H19NO4/c21-18(12-13-7-9-14(10-8-13)19(22)23)20-16-5-3-11-24-17-6-2-1-4-15(16)17/h1-2,4,6-10,16H,3,5,11-12H2,(H,20,21)(H,22,23). The molecule has 0 spiro atoms. The molecule has 0 saturated carbocycles. The number of para-hydroxylation sites is 1. The van der Waals surface area contributed by atoms with E-state index in [9.17, 15) is 9.59 Å². The second-order valence-corrected chi connectivity index (χ2v) is 5.83. The highest BCUT2D eigenvalue weighted by Gasteiger charge is 2.21. The van der Waals surface area contributed by atoms with Crippen molar-refractivity contribution in [3.05, 3.63) is 65.2 Å². The second-order valence-electron chi connectivity index (χ2n) is 5.83. The molecule has 1 aliphatic rings. The Hall–Kier alpha value is -2.82. The molecule has 5 heteroatoms. The van der Waals surface area contributed by atoms with Gasteiger partial charge in [-0.3, -0.25) is 4.79 Å². The van der Waals surface area contributed by atoms with Gasteiger partial charge in [-0.15, -0.1) is 0 Å². The number of nitrogens with one attached hydrogen (secondary N) is 1. The first-order chi connectivity index (χ1) is 11.6. The van der Waals surface area contributed by atoms with Gasteiger partial charge in [0.15, 0.2) is 0 Å². The van der Waals surface area contributed by atoms with Crippen molar-refractivity contribution in [2.45, 2.75) is 25.3 Å². The van der Waals surface area contributed by atoms with Crippen molar-refractivity contribution in [1.29, 1.82) is 0 Å². The van der Waals surface area contributed by atoms with Gasteiger partial charge < -0.3 is 15.2 Å². The number of hydrogen-bond donors (Lipinski definition) is 2. The minimum Gasteiger partial charge on any atom is -0.493 e. The van der Waals surface area contributed by atoms with Crippen molar-refractivity contribution < 1.29 is 19.4 Å². The van der Waals surface area contributed by atoms with Gasteiger partial charge in [0, 0.05) is 5.56 Å². The summed E-state index contributed by atoms with van der Waals surface area (Å²) in [6, 6.07) is 14.1. The van der Waals surface area contributed by atoms with Gasteiger partial charge in [0.1, 0.15) is 5.75 Å². The molecule has 3 rings (SSSR count). The number of carbonyl (C=O) groups is 2. The lowest BCUT2D eigenvalue weighted by Gasteiger charge is -2.18. The normalized spacial score (nSPS) is 16.4. The number of benzene rings is 2. The lowest BCUT2D eigenvalue weighted by Crippen LogP contribution is -2.29. The van der Waals surface area contributed by atoms with Crippen LogP contribution >= 0.6 is 0 Å². The maximum atomic E-state index is 12.4. The fourth-order valence-electron chi connectivity index (χ4n) is 2.87. The van der Waals surface area contributed by atoms with Crippen molar-refractivity contribution in [3.63, 3.8) is 0 Å². The van der Waals surface area contributed by atoms with Crippen LogP contribution in [0.2, 0.25) is 0 Å². The van der Waals surface area contributed by atoms with E-state index < -0.39 is 5.97 Å². The van der Waals surface area contributed by atoms with Gasteiger partial charge in [-0.05, 0) is 36.6 Å². The molecular weight excluding hydrogens is 306 g/mol. The summed E-state index contributed by atoms with van der Waals surface area (Å²) in [4.78, 5) is 23.2. The molecule has 1 unspecified atom stereocenters. The molecular formula is C19H19NO4. The Bertz CT molecular complexity index is 739. The van der Waals surface area contributed by atoms with E-state index in [1.165, 1.54) is 12.1 Å². The van der Waals surface area contributed by atoms with Gasteiger partial charge in [0.05, 0.1) is 24.6 Å². The average molecular weight is 325 g/mol. The molecule has 0 bridgehead atoms. The van der Waals surface area contributed by atoms with Crippen molar-refractivity contribution in [3.8, 4) is 5.75 Å². The summed E-state index contributed by atoms with van der Waals surface area (Å²) >= 11 is 0. The van der Waals surface area contributed by atoms with Crippen molar-refractivity contribution >= 4 is 11.9 Å². The molecule has 0 saturated heterocycles. The maximum Gasteiger partial charge on any atom is 0.335 e. The van der Waals surface area contributed by atoms with Crippen LogP contribution in [-0.2, 0) is 11.2 Å². The Morgan fingerprint density at radius 3 is 2.62 bits per heavy atom. The molecule has 124 valence electrons. The zero-order valence-corrected chi connectivity index (χ0v) is 13.2. The third-order valence-electron chi connectivity index (χ3n) is 4.09. The van der Waals surface area contributed by atoms with E-state index in [0.717, 1.165) is 29.7 Å². The number of carboxylic acid groups (broad SMARTS) is 1. The van der Waals surface area contributed by atoms with E-state index in [1.54, 1.807) is 12.1 Å². The van der Waals surface area contributed by atoms with Crippen LogP contribution in [0.5, 0.6) is 5.75 Å². The Balaban J connectivity index is 1.67. The molecule has 2 aromatic rings. The summed E-state index contributed by atoms with van der Waals surface area (Å²) in [5, 5.41) is 12.0. The third-order valence-corrected chi connectivity index (χ3v) is 4.09. The molecule has 0 fully saturated rings. The fraction of sp³-hybridized carbons (Fsp3) is 0.263. The zero-order valence-electron chi connectivity index (χ0n) is 13.2. The van der Waals surface area contributed by atoms with Crippen LogP contribution in [0, 0.1) is 0 Å². The van der Waals surface area contributed by atoms with Gasteiger partial charge in [0.25, 0.3) is 0 Å². The first-order valence-corrected chi connectivity index (χ1v) is 7.97. The lowest BCUT2D eigenvalue weighted by atomic mass is 10.0. The third kappa shape index (κ3) is 3.74. The average Bonchev–Trinajstić information content (AvgIpc) is 2.78. The van der Waals surface area contributed by atoms with E-state index >= 15 is 0 Å². The molecule has 0 aromatic heterocycles. The number of fused-ring (bicyclic) bond motifs is 1. The van der Waals surface area contributed by atoms with E-state index in [1.807, 2.05) is 24.3 Å². The number of carbonyl (C=O) groups excluding carboxylic acids is 1. The highest BCUT2D eigenvalue weighted by molar-refractivity contribution is 5.87. The van der Waals surface area contributed by atoms with Crippen molar-refractivity contribution in [1.82, 2.24) is 5.32 Å². The Kier molecular flexibility index (Phi) is 4.79. The molecule has 1 heterocycles. The van der Waals surface area contributed by atoms with Gasteiger partial charge in [-0.1, -0.05) is 30.3 Å². The predicted octanol–water partition coefficient (Wildman–Crippen LogP) is 2.96. The van der Waals surface area contributed by atoms with Crippen LogP contribution in [0.25, 0.3) is 0 Å². The topological polar surface area (TPSA) is 75.6 Å². The summed E-state index contributed by atoms with van der Waals surface area (Å²) < 4.78 is 5.71. The molecule has 5 nitrogen and oxygen atoms in total. The summed E-state index contributed by atoms with van der Waals surface area (Å²) in [5.41, 5.74) is 2.01. The molecule has 1 aliphatic heterocycles. The molecule has 0 radical (unpaired) electrons. The number of hydrogen-bond acceptors (Lipinski definition) is 3. The smallest absolute Gasteiger partial charge is 0.335 e. The molecule has 2 aromatic carbocycles.